The quantitative estimate of drug-likeness (QED) is 0.572. The second-order valence-corrected chi connectivity index (χ2v) is 6.74. The van der Waals surface area contributed by atoms with E-state index in [2.05, 4.69) is 20.4 Å². The Balaban J connectivity index is 1.83. The molecule has 1 aromatic carbocycles. The summed E-state index contributed by atoms with van der Waals surface area (Å²) in [5.41, 5.74) is 2.17. The number of carbonyl (C=O) groups is 3. The van der Waals surface area contributed by atoms with Crippen LogP contribution in [-0.2, 0) is 20.7 Å². The van der Waals surface area contributed by atoms with Crippen LogP contribution in [0.15, 0.2) is 24.3 Å². The fourth-order valence-corrected chi connectivity index (χ4v) is 3.00. The fourth-order valence-electron chi connectivity index (χ4n) is 3.00. The number of aryl methyl sites for hydroxylation is 2. The minimum atomic E-state index is -0.608. The van der Waals surface area contributed by atoms with Crippen LogP contribution in [0.4, 0.5) is 5.69 Å². The molecule has 0 unspecified atom stereocenters. The summed E-state index contributed by atoms with van der Waals surface area (Å²) in [6.07, 6.45) is -0.111. The number of esters is 2. The largest absolute Gasteiger partial charge is 0.462 e. The summed E-state index contributed by atoms with van der Waals surface area (Å²) in [6.45, 7) is 7.43. The van der Waals surface area contributed by atoms with Gasteiger partial charge in [0.15, 0.2) is 5.82 Å². The number of nitrogens with zero attached hydrogens (tertiary/aromatic N) is 4. The number of aromatic nitrogens is 4. The van der Waals surface area contributed by atoms with Gasteiger partial charge in [0.05, 0.1) is 30.8 Å². The molecule has 0 saturated heterocycles. The van der Waals surface area contributed by atoms with Gasteiger partial charge in [-0.3, -0.25) is 4.79 Å². The SMILES string of the molecule is CCOC(=O)c1cc(NC(=O)Cc2nc3nc(C)cc(C)n3n2)cc(C(=O)OCC)c1. The first kappa shape index (κ1) is 21.9. The number of rotatable bonds is 7. The summed E-state index contributed by atoms with van der Waals surface area (Å²) < 4.78 is 11.6. The number of amides is 1. The molecule has 0 radical (unpaired) electrons. The highest BCUT2D eigenvalue weighted by Gasteiger charge is 2.17. The van der Waals surface area contributed by atoms with Crippen molar-refractivity contribution >= 4 is 29.3 Å². The summed E-state index contributed by atoms with van der Waals surface area (Å²) in [5.74, 6) is -0.924. The number of hydrogen-bond donors (Lipinski definition) is 1. The van der Waals surface area contributed by atoms with Crippen molar-refractivity contribution in [3.8, 4) is 0 Å². The standard InChI is InChI=1S/C21H23N5O5/c1-5-30-19(28)14-8-15(20(29)31-6-2)10-16(9-14)23-18(27)11-17-24-21-22-12(3)7-13(4)26(21)25-17/h7-10H,5-6,11H2,1-4H3,(H,23,27). The lowest BCUT2D eigenvalue weighted by Crippen LogP contribution is -2.17. The maximum Gasteiger partial charge on any atom is 0.338 e. The number of fused-ring (bicyclic) bond motifs is 1. The predicted octanol–water partition coefficient (Wildman–Crippen LogP) is 2.28. The fraction of sp³-hybridized carbons (Fsp3) is 0.333. The summed E-state index contributed by atoms with van der Waals surface area (Å²) >= 11 is 0. The van der Waals surface area contributed by atoms with Crippen LogP contribution in [0.25, 0.3) is 5.78 Å². The van der Waals surface area contributed by atoms with Crippen molar-refractivity contribution in [2.75, 3.05) is 18.5 Å². The van der Waals surface area contributed by atoms with E-state index in [4.69, 9.17) is 9.47 Å². The van der Waals surface area contributed by atoms with E-state index in [9.17, 15) is 14.4 Å². The monoisotopic (exact) mass is 425 g/mol. The minimum absolute atomic E-state index is 0.111. The van der Waals surface area contributed by atoms with E-state index in [1.807, 2.05) is 19.9 Å². The van der Waals surface area contributed by atoms with Crippen LogP contribution < -0.4 is 5.32 Å². The van der Waals surface area contributed by atoms with Gasteiger partial charge in [0, 0.05) is 17.1 Å². The molecule has 162 valence electrons. The molecule has 0 fully saturated rings. The van der Waals surface area contributed by atoms with Crippen LogP contribution in [0.5, 0.6) is 0 Å². The highest BCUT2D eigenvalue weighted by atomic mass is 16.5. The molecule has 1 N–H and O–H groups in total. The molecule has 3 rings (SSSR count). The average molecular weight is 425 g/mol. The molecular weight excluding hydrogens is 402 g/mol. The third kappa shape index (κ3) is 5.21. The summed E-state index contributed by atoms with van der Waals surface area (Å²) in [7, 11) is 0. The van der Waals surface area contributed by atoms with Crippen molar-refractivity contribution < 1.29 is 23.9 Å². The zero-order valence-corrected chi connectivity index (χ0v) is 17.8. The Kier molecular flexibility index (Phi) is 6.58. The Bertz CT molecular complexity index is 1120. The van der Waals surface area contributed by atoms with Crippen molar-refractivity contribution in [1.82, 2.24) is 19.6 Å². The predicted molar refractivity (Wildman–Crippen MR) is 111 cm³/mol. The van der Waals surface area contributed by atoms with Crippen LogP contribution in [0.3, 0.4) is 0 Å². The molecule has 10 nitrogen and oxygen atoms in total. The second-order valence-electron chi connectivity index (χ2n) is 6.74. The van der Waals surface area contributed by atoms with Gasteiger partial charge in [-0.25, -0.2) is 19.1 Å². The molecule has 10 heteroatoms. The van der Waals surface area contributed by atoms with Crippen molar-refractivity contribution in [1.29, 1.82) is 0 Å². The molecule has 1 amide bonds. The van der Waals surface area contributed by atoms with Crippen molar-refractivity contribution in [2.45, 2.75) is 34.1 Å². The zero-order valence-electron chi connectivity index (χ0n) is 17.8. The van der Waals surface area contributed by atoms with Gasteiger partial charge in [0.2, 0.25) is 5.91 Å². The lowest BCUT2D eigenvalue weighted by molar-refractivity contribution is -0.115. The first-order valence-electron chi connectivity index (χ1n) is 9.79. The lowest BCUT2D eigenvalue weighted by atomic mass is 10.1. The van der Waals surface area contributed by atoms with E-state index in [0.717, 1.165) is 11.4 Å². The van der Waals surface area contributed by atoms with Crippen molar-refractivity contribution in [3.63, 3.8) is 0 Å². The van der Waals surface area contributed by atoms with Crippen LogP contribution in [0.2, 0.25) is 0 Å². The van der Waals surface area contributed by atoms with Gasteiger partial charge < -0.3 is 14.8 Å². The third-order valence-corrected chi connectivity index (χ3v) is 4.22. The van der Waals surface area contributed by atoms with Gasteiger partial charge in [-0.05, 0) is 52.0 Å². The van der Waals surface area contributed by atoms with E-state index in [1.165, 1.54) is 18.2 Å². The van der Waals surface area contributed by atoms with Gasteiger partial charge in [-0.15, -0.1) is 5.10 Å². The Morgan fingerprint density at radius 3 is 2.13 bits per heavy atom. The van der Waals surface area contributed by atoms with E-state index < -0.39 is 17.8 Å². The smallest absolute Gasteiger partial charge is 0.338 e. The number of anilines is 1. The van der Waals surface area contributed by atoms with E-state index in [0.29, 0.717) is 11.6 Å². The molecule has 3 aromatic rings. The van der Waals surface area contributed by atoms with Gasteiger partial charge in [-0.1, -0.05) is 0 Å². The molecule has 0 bridgehead atoms. The van der Waals surface area contributed by atoms with Crippen LogP contribution in [0, 0.1) is 13.8 Å². The first-order chi connectivity index (χ1) is 14.8. The van der Waals surface area contributed by atoms with Gasteiger partial charge in [0.25, 0.3) is 5.78 Å². The second kappa shape index (κ2) is 9.33. The topological polar surface area (TPSA) is 125 Å². The summed E-state index contributed by atoms with van der Waals surface area (Å²) in [4.78, 5) is 45.5. The number of nitrogens with one attached hydrogen (secondary N) is 1. The first-order valence-corrected chi connectivity index (χ1v) is 9.79. The normalized spacial score (nSPS) is 10.7. The van der Waals surface area contributed by atoms with Crippen molar-refractivity contribution in [3.05, 3.63) is 52.6 Å². The Morgan fingerprint density at radius 1 is 0.935 bits per heavy atom. The van der Waals surface area contributed by atoms with Crippen LogP contribution in [0.1, 0.15) is 51.8 Å². The number of benzene rings is 1. The summed E-state index contributed by atoms with van der Waals surface area (Å²) in [6, 6.07) is 6.10. The Hall–Kier alpha value is -3.82. The minimum Gasteiger partial charge on any atom is -0.462 e. The molecule has 0 aliphatic rings. The van der Waals surface area contributed by atoms with Crippen molar-refractivity contribution in [2.24, 2.45) is 0 Å². The zero-order chi connectivity index (χ0) is 22.5. The molecule has 0 aliphatic carbocycles. The molecule has 2 aromatic heterocycles. The highest BCUT2D eigenvalue weighted by molar-refractivity contribution is 5.99. The summed E-state index contributed by atoms with van der Waals surface area (Å²) in [5, 5.41) is 6.98. The Labute approximate surface area is 178 Å². The van der Waals surface area contributed by atoms with Gasteiger partial charge >= 0.3 is 11.9 Å². The van der Waals surface area contributed by atoms with Gasteiger partial charge in [-0.2, -0.15) is 4.98 Å². The van der Waals surface area contributed by atoms with E-state index in [1.54, 1.807) is 18.4 Å². The molecule has 31 heavy (non-hydrogen) atoms. The van der Waals surface area contributed by atoms with Crippen LogP contribution in [-0.4, -0.2) is 50.6 Å². The number of ether oxygens (including phenoxy) is 2. The molecule has 2 heterocycles. The maximum absolute atomic E-state index is 12.6. The molecule has 0 saturated carbocycles. The molecule has 0 atom stereocenters. The van der Waals surface area contributed by atoms with Crippen LogP contribution >= 0.6 is 0 Å². The number of carbonyl (C=O) groups excluding carboxylic acids is 3. The molecule has 0 spiro atoms. The number of hydrogen-bond acceptors (Lipinski definition) is 8. The van der Waals surface area contributed by atoms with Gasteiger partial charge in [0.1, 0.15) is 0 Å². The molecule has 0 aliphatic heterocycles. The van der Waals surface area contributed by atoms with E-state index >= 15 is 0 Å². The van der Waals surface area contributed by atoms with E-state index in [-0.39, 0.29) is 36.4 Å². The maximum atomic E-state index is 12.6. The lowest BCUT2D eigenvalue weighted by Gasteiger charge is -2.10. The highest BCUT2D eigenvalue weighted by Crippen LogP contribution is 2.18. The average Bonchev–Trinajstić information content (AvgIpc) is 3.10. The molecular formula is C21H23N5O5. The Morgan fingerprint density at radius 2 is 1.55 bits per heavy atom. The third-order valence-electron chi connectivity index (χ3n) is 4.22.